The SMILES string of the molecule is CC(C)C[C@H](O)C(=O)[O-].CC(C)c1ccc(C[C@H](O)C(=O)[O-])cc1.C[C@H](O)C(=O)[O-].Cc1ccc(C[C@H](O)C(=O)[O-])cc1.Cc1ccc(C[C@H](O)C(=O)[O-])cc1.O=C([O-])[C@@H](O)Cc1ccccc1. The number of carbonyl (C=O) groups excluding carboxylic acids is 6. The van der Waals surface area contributed by atoms with Crippen LogP contribution in [0.15, 0.2) is 103 Å². The molecule has 0 saturated carbocycles. The molecule has 0 amide bonds. The van der Waals surface area contributed by atoms with Gasteiger partial charge in [-0.1, -0.05) is 142 Å². The van der Waals surface area contributed by atoms with E-state index >= 15 is 0 Å². The number of aliphatic carboxylic acids is 6. The number of benzene rings is 4. The van der Waals surface area contributed by atoms with Crippen LogP contribution in [0.1, 0.15) is 85.9 Å². The molecular weight excluding hydrogens is 889 g/mol. The maximum absolute atomic E-state index is 10.3. The topological polar surface area (TPSA) is 362 Å². The maximum atomic E-state index is 10.3. The molecule has 68 heavy (non-hydrogen) atoms. The molecule has 4 aromatic carbocycles. The smallest absolute Gasteiger partial charge is 0.0973 e. The minimum atomic E-state index is -1.44. The predicted molar refractivity (Wildman–Crippen MR) is 235 cm³/mol. The largest absolute Gasteiger partial charge is 0.547 e. The van der Waals surface area contributed by atoms with E-state index in [1.54, 1.807) is 48.5 Å². The zero-order chi connectivity index (χ0) is 52.7. The summed E-state index contributed by atoms with van der Waals surface area (Å²) < 4.78 is 0. The lowest BCUT2D eigenvalue weighted by atomic mass is 10.00. The van der Waals surface area contributed by atoms with Crippen molar-refractivity contribution in [2.75, 3.05) is 0 Å². The Morgan fingerprint density at radius 3 is 0.838 bits per heavy atom. The van der Waals surface area contributed by atoms with Crippen LogP contribution in [0.25, 0.3) is 0 Å². The van der Waals surface area contributed by atoms with Gasteiger partial charge in [-0.05, 0) is 66.8 Å². The Labute approximate surface area is 396 Å². The van der Waals surface area contributed by atoms with Crippen molar-refractivity contribution in [1.29, 1.82) is 0 Å². The molecule has 6 N–H and O–H groups in total. The van der Waals surface area contributed by atoms with E-state index < -0.39 is 72.4 Å². The molecule has 0 heterocycles. The van der Waals surface area contributed by atoms with Crippen LogP contribution in [0.4, 0.5) is 0 Å². The first-order valence-electron chi connectivity index (χ1n) is 21.1. The van der Waals surface area contributed by atoms with E-state index in [0.29, 0.717) is 5.92 Å². The first-order valence-corrected chi connectivity index (χ1v) is 21.1. The molecule has 18 heteroatoms. The first kappa shape index (κ1) is 63.5. The van der Waals surface area contributed by atoms with Gasteiger partial charge in [0.1, 0.15) is 0 Å². The molecule has 4 aromatic rings. The fourth-order valence-electron chi connectivity index (χ4n) is 4.87. The van der Waals surface area contributed by atoms with Gasteiger partial charge < -0.3 is 90.0 Å². The summed E-state index contributed by atoms with van der Waals surface area (Å²) in [6.45, 7) is 12.9. The van der Waals surface area contributed by atoms with Crippen molar-refractivity contribution >= 4 is 35.8 Å². The van der Waals surface area contributed by atoms with Gasteiger partial charge in [0.05, 0.1) is 72.4 Å². The highest BCUT2D eigenvalue weighted by Crippen LogP contribution is 2.15. The lowest BCUT2D eigenvalue weighted by Gasteiger charge is -2.12. The Balaban J connectivity index is 0. The van der Waals surface area contributed by atoms with Crippen molar-refractivity contribution in [1.82, 2.24) is 0 Å². The summed E-state index contributed by atoms with van der Waals surface area (Å²) in [4.78, 5) is 60.1. The second-order valence-electron chi connectivity index (χ2n) is 16.0. The van der Waals surface area contributed by atoms with Gasteiger partial charge in [-0.3, -0.25) is 0 Å². The van der Waals surface area contributed by atoms with Gasteiger partial charge in [-0.2, -0.15) is 0 Å². The van der Waals surface area contributed by atoms with Crippen LogP contribution in [-0.2, 0) is 54.5 Å². The highest BCUT2D eigenvalue weighted by atomic mass is 16.4. The lowest BCUT2D eigenvalue weighted by molar-refractivity contribution is -0.316. The first-order chi connectivity index (χ1) is 31.6. The molecule has 0 aliphatic heterocycles. The minimum Gasteiger partial charge on any atom is -0.547 e. The Bertz CT molecular complexity index is 1990. The monoisotopic (exact) mass is 950 g/mol. The van der Waals surface area contributed by atoms with Crippen LogP contribution < -0.4 is 30.6 Å². The summed E-state index contributed by atoms with van der Waals surface area (Å²) in [6.07, 6.45) is -7.64. The number of rotatable bonds is 17. The minimum absolute atomic E-state index is 0.0979. The molecule has 0 fully saturated rings. The molecule has 6 atom stereocenters. The number of carboxylic acid groups (broad SMARTS) is 6. The van der Waals surface area contributed by atoms with Gasteiger partial charge in [0, 0.05) is 25.7 Å². The van der Waals surface area contributed by atoms with Crippen molar-refractivity contribution in [3.05, 3.63) is 142 Å². The molecule has 0 aliphatic rings. The standard InChI is InChI=1S/C12H16O3.2C10H12O3.C9H10O3.C6H12O3.C3H6O3/c1-8(2)10-5-3-9(4-6-10)7-11(13)12(14)15;2*1-7-2-4-8(5-3-7)6-9(11)10(12)13;10-8(9(11)12)6-7-4-2-1-3-5-7;1-4(2)3-5(7)6(8)9;1-2(4)3(5)6/h3-6,8,11,13H,7H2,1-2H3,(H,14,15);2*2-5,9,11H,6H2,1H3,(H,12,13);1-5,8,10H,6H2,(H,11,12);4-5,7H,3H2,1-2H3,(H,8,9);2,4H,1H3,(H,5,6)/p-6/t11-;2*9-;8-;5-;2-/m000000/s1. The summed E-state index contributed by atoms with van der Waals surface area (Å²) in [6, 6.07) is 31.1. The predicted octanol–water partition coefficient (Wildman–Crippen LogP) is -3.64. The molecule has 0 radical (unpaired) electrons. The van der Waals surface area contributed by atoms with E-state index in [9.17, 15) is 59.4 Å². The van der Waals surface area contributed by atoms with Crippen LogP contribution in [0.3, 0.4) is 0 Å². The number of aliphatic hydroxyl groups excluding tert-OH is 6. The molecule has 4 rings (SSSR count). The molecule has 376 valence electrons. The second kappa shape index (κ2) is 34.7. The highest BCUT2D eigenvalue weighted by molar-refractivity contribution is 5.71. The summed E-state index contributed by atoms with van der Waals surface area (Å²) in [7, 11) is 0. The van der Waals surface area contributed by atoms with Gasteiger partial charge >= 0.3 is 0 Å². The van der Waals surface area contributed by atoms with Gasteiger partial charge in [-0.25, -0.2) is 0 Å². The summed E-state index contributed by atoms with van der Waals surface area (Å²) >= 11 is 0. The highest BCUT2D eigenvalue weighted by Gasteiger charge is 2.09. The van der Waals surface area contributed by atoms with Gasteiger partial charge in [0.25, 0.3) is 0 Å². The molecule has 0 unspecified atom stereocenters. The van der Waals surface area contributed by atoms with Gasteiger partial charge in [0.2, 0.25) is 0 Å². The fraction of sp³-hybridized carbons (Fsp3) is 0.400. The van der Waals surface area contributed by atoms with Crippen molar-refractivity contribution in [3.63, 3.8) is 0 Å². The Hall–Kier alpha value is -6.54. The Morgan fingerprint density at radius 2 is 0.632 bits per heavy atom. The number of carbonyl (C=O) groups is 6. The number of aliphatic hydroxyl groups is 6. The van der Waals surface area contributed by atoms with Crippen molar-refractivity contribution in [3.8, 4) is 0 Å². The van der Waals surface area contributed by atoms with E-state index in [4.69, 9.17) is 30.6 Å². The summed E-state index contributed by atoms with van der Waals surface area (Å²) in [5.41, 5.74) is 6.58. The van der Waals surface area contributed by atoms with Crippen molar-refractivity contribution < 1.29 is 90.0 Å². The molecule has 0 aliphatic carbocycles. The third-order valence-electron chi connectivity index (χ3n) is 8.84. The van der Waals surface area contributed by atoms with Crippen molar-refractivity contribution in [2.24, 2.45) is 5.92 Å². The van der Waals surface area contributed by atoms with E-state index in [1.165, 1.54) is 5.56 Å². The zero-order valence-electron chi connectivity index (χ0n) is 39.1. The Kier molecular flexibility index (Phi) is 32.4. The zero-order valence-corrected chi connectivity index (χ0v) is 39.1. The third-order valence-corrected chi connectivity index (χ3v) is 8.84. The second-order valence-corrected chi connectivity index (χ2v) is 16.0. The fourth-order valence-corrected chi connectivity index (χ4v) is 4.87. The number of aryl methyl sites for hydroxylation is 2. The molecule has 0 aromatic heterocycles. The summed E-state index contributed by atoms with van der Waals surface area (Å²) in [5.74, 6) is -7.90. The average molecular weight is 951 g/mol. The summed E-state index contributed by atoms with van der Waals surface area (Å²) in [5, 5.41) is 113. The van der Waals surface area contributed by atoms with Crippen LogP contribution in [-0.4, -0.2) is 103 Å². The third kappa shape index (κ3) is 32.2. The van der Waals surface area contributed by atoms with Gasteiger partial charge in [0.15, 0.2) is 0 Å². The van der Waals surface area contributed by atoms with E-state index in [1.807, 2.05) is 82.3 Å². The van der Waals surface area contributed by atoms with Gasteiger partial charge in [-0.15, -0.1) is 0 Å². The van der Waals surface area contributed by atoms with Crippen LogP contribution >= 0.6 is 0 Å². The van der Waals surface area contributed by atoms with Crippen molar-refractivity contribution in [2.45, 2.75) is 123 Å². The van der Waals surface area contributed by atoms with E-state index in [2.05, 4.69) is 13.8 Å². The van der Waals surface area contributed by atoms with Crippen LogP contribution in [0.5, 0.6) is 0 Å². The number of hydrogen-bond donors (Lipinski definition) is 6. The lowest BCUT2D eigenvalue weighted by Crippen LogP contribution is -2.36. The van der Waals surface area contributed by atoms with E-state index in [-0.39, 0.29) is 38.0 Å². The number of hydrogen-bond acceptors (Lipinski definition) is 18. The molecule has 18 nitrogen and oxygen atoms in total. The van der Waals surface area contributed by atoms with Crippen LogP contribution in [0.2, 0.25) is 0 Å². The molecule has 0 bridgehead atoms. The number of carboxylic acids is 6. The molecule has 0 saturated heterocycles. The molecule has 0 spiro atoms. The molecular formula is C50H62O18-6. The Morgan fingerprint density at radius 1 is 0.382 bits per heavy atom. The maximum Gasteiger partial charge on any atom is 0.0973 e. The van der Waals surface area contributed by atoms with Crippen LogP contribution in [0, 0.1) is 19.8 Å². The van der Waals surface area contributed by atoms with E-state index in [0.717, 1.165) is 40.3 Å². The normalized spacial score (nSPS) is 12.8. The quantitative estimate of drug-likeness (QED) is 0.0594. The average Bonchev–Trinajstić information content (AvgIpc) is 3.26.